The lowest BCUT2D eigenvalue weighted by atomic mass is 9.91. The molecule has 1 aliphatic carbocycles. The molecule has 0 aromatic carbocycles. The van der Waals surface area contributed by atoms with Crippen molar-refractivity contribution in [3.63, 3.8) is 0 Å². The standard InChI is InChI=1S/C11H6BrF4N/c12-6-5-11(15,16)8(10(14)9(6)13)7-3-1-2-4-17-7/h1-5,8H. The van der Waals surface area contributed by atoms with Gasteiger partial charge < -0.3 is 0 Å². The molecule has 1 atom stereocenters. The van der Waals surface area contributed by atoms with Gasteiger partial charge in [-0.3, -0.25) is 4.98 Å². The van der Waals surface area contributed by atoms with Crippen molar-refractivity contribution < 1.29 is 17.6 Å². The first-order valence-electron chi connectivity index (χ1n) is 4.66. The lowest BCUT2D eigenvalue weighted by Crippen LogP contribution is -2.28. The van der Waals surface area contributed by atoms with Gasteiger partial charge in [0.05, 0.1) is 10.2 Å². The summed E-state index contributed by atoms with van der Waals surface area (Å²) in [5.74, 6) is -8.35. The van der Waals surface area contributed by atoms with Crippen molar-refractivity contribution in [3.8, 4) is 0 Å². The van der Waals surface area contributed by atoms with Crippen LogP contribution in [0.5, 0.6) is 0 Å². The van der Waals surface area contributed by atoms with Gasteiger partial charge in [0.2, 0.25) is 0 Å². The van der Waals surface area contributed by atoms with E-state index in [1.807, 2.05) is 0 Å². The monoisotopic (exact) mass is 307 g/mol. The van der Waals surface area contributed by atoms with Crippen LogP contribution < -0.4 is 0 Å². The number of alkyl halides is 2. The third-order valence-corrected chi connectivity index (χ3v) is 2.94. The molecular formula is C11H6BrF4N. The topological polar surface area (TPSA) is 12.9 Å². The fraction of sp³-hybridized carbons (Fsp3) is 0.182. The first kappa shape index (κ1) is 12.3. The summed E-state index contributed by atoms with van der Waals surface area (Å²) >= 11 is 2.56. The SMILES string of the molecule is FC1=C(F)C(c2ccccn2)C(F)(F)C=C1Br. The van der Waals surface area contributed by atoms with E-state index >= 15 is 0 Å². The molecule has 0 amide bonds. The van der Waals surface area contributed by atoms with E-state index in [9.17, 15) is 17.6 Å². The largest absolute Gasteiger partial charge is 0.282 e. The molecule has 90 valence electrons. The van der Waals surface area contributed by atoms with Crippen LogP contribution in [0.2, 0.25) is 0 Å². The van der Waals surface area contributed by atoms with E-state index in [1.165, 1.54) is 24.4 Å². The third-order valence-electron chi connectivity index (χ3n) is 2.36. The minimum Gasteiger partial charge on any atom is -0.260 e. The Labute approximate surface area is 103 Å². The van der Waals surface area contributed by atoms with Crippen molar-refractivity contribution in [2.75, 3.05) is 0 Å². The molecule has 0 fully saturated rings. The highest BCUT2D eigenvalue weighted by molar-refractivity contribution is 9.11. The van der Waals surface area contributed by atoms with E-state index in [4.69, 9.17) is 0 Å². The molecule has 1 nitrogen and oxygen atoms in total. The Kier molecular flexibility index (Phi) is 3.07. The lowest BCUT2D eigenvalue weighted by Gasteiger charge is -2.26. The second-order valence-corrected chi connectivity index (χ2v) is 4.37. The van der Waals surface area contributed by atoms with Crippen molar-refractivity contribution >= 4 is 15.9 Å². The smallest absolute Gasteiger partial charge is 0.260 e. The Morgan fingerprint density at radius 3 is 2.53 bits per heavy atom. The predicted octanol–water partition coefficient (Wildman–Crippen LogP) is 4.24. The van der Waals surface area contributed by atoms with E-state index in [2.05, 4.69) is 20.9 Å². The Bertz CT molecular complexity index is 495. The summed E-state index contributed by atoms with van der Waals surface area (Å²) < 4.78 is 53.6. The molecule has 0 aliphatic heterocycles. The van der Waals surface area contributed by atoms with Crippen LogP contribution in [0.4, 0.5) is 17.6 Å². The first-order chi connectivity index (χ1) is 7.93. The van der Waals surface area contributed by atoms with Gasteiger partial charge in [0.1, 0.15) is 5.92 Å². The highest BCUT2D eigenvalue weighted by atomic mass is 79.9. The summed E-state index contributed by atoms with van der Waals surface area (Å²) in [6.07, 6.45) is 1.61. The van der Waals surface area contributed by atoms with Gasteiger partial charge in [0.15, 0.2) is 11.7 Å². The van der Waals surface area contributed by atoms with Gasteiger partial charge in [-0.2, -0.15) is 0 Å². The summed E-state index contributed by atoms with van der Waals surface area (Å²) in [5.41, 5.74) is -0.207. The number of hydrogen-bond acceptors (Lipinski definition) is 1. The van der Waals surface area contributed by atoms with Gasteiger partial charge in [-0.25, -0.2) is 17.6 Å². The van der Waals surface area contributed by atoms with Crippen molar-refractivity contribution in [2.24, 2.45) is 0 Å². The number of hydrogen-bond donors (Lipinski definition) is 0. The van der Waals surface area contributed by atoms with Gasteiger partial charge in [-0.05, 0) is 28.1 Å². The van der Waals surface area contributed by atoms with Crippen LogP contribution in [0, 0.1) is 0 Å². The quantitative estimate of drug-likeness (QED) is 0.707. The maximum absolute atomic E-state index is 13.6. The maximum atomic E-state index is 13.6. The van der Waals surface area contributed by atoms with Crippen LogP contribution in [0.15, 0.2) is 46.6 Å². The second kappa shape index (κ2) is 4.25. The molecule has 0 saturated carbocycles. The maximum Gasteiger partial charge on any atom is 0.282 e. The molecular weight excluding hydrogens is 302 g/mol. The minimum atomic E-state index is -3.52. The van der Waals surface area contributed by atoms with Gasteiger partial charge in [0.25, 0.3) is 5.92 Å². The summed E-state index contributed by atoms with van der Waals surface area (Å²) in [5, 5.41) is 0. The van der Waals surface area contributed by atoms with E-state index in [1.54, 1.807) is 0 Å². The van der Waals surface area contributed by atoms with Crippen molar-refractivity contribution in [1.82, 2.24) is 4.98 Å². The van der Waals surface area contributed by atoms with Crippen LogP contribution >= 0.6 is 15.9 Å². The molecule has 1 aliphatic rings. The zero-order valence-electron chi connectivity index (χ0n) is 8.30. The number of nitrogens with zero attached hydrogens (tertiary/aromatic N) is 1. The Morgan fingerprint density at radius 1 is 1.24 bits per heavy atom. The summed E-state index contributed by atoms with van der Waals surface area (Å²) in [6.45, 7) is 0. The summed E-state index contributed by atoms with van der Waals surface area (Å²) in [6, 6.07) is 4.18. The van der Waals surface area contributed by atoms with E-state index in [-0.39, 0.29) is 5.69 Å². The number of allylic oxidation sites excluding steroid dienone is 4. The molecule has 2 rings (SSSR count). The molecule has 1 heterocycles. The van der Waals surface area contributed by atoms with Crippen molar-refractivity contribution in [3.05, 3.63) is 52.3 Å². The molecule has 6 heteroatoms. The molecule has 1 aromatic rings. The fourth-order valence-electron chi connectivity index (χ4n) is 1.60. The zero-order chi connectivity index (χ0) is 12.6. The number of rotatable bonds is 1. The first-order valence-corrected chi connectivity index (χ1v) is 5.45. The molecule has 1 unspecified atom stereocenters. The number of halogens is 5. The predicted molar refractivity (Wildman–Crippen MR) is 58.2 cm³/mol. The average molecular weight is 308 g/mol. The summed E-state index contributed by atoms with van der Waals surface area (Å²) in [7, 11) is 0. The second-order valence-electron chi connectivity index (χ2n) is 3.52. The van der Waals surface area contributed by atoms with Crippen LogP contribution in [0.3, 0.4) is 0 Å². The molecule has 0 saturated heterocycles. The molecule has 0 bridgehead atoms. The number of pyridine rings is 1. The minimum absolute atomic E-state index is 0.207. The van der Waals surface area contributed by atoms with E-state index in [0.29, 0.717) is 6.08 Å². The van der Waals surface area contributed by atoms with E-state index < -0.39 is 28.0 Å². The third kappa shape index (κ3) is 2.13. The van der Waals surface area contributed by atoms with Crippen LogP contribution in [-0.4, -0.2) is 10.9 Å². The Hall–Kier alpha value is -1.17. The van der Waals surface area contributed by atoms with Gasteiger partial charge in [-0.15, -0.1) is 0 Å². The molecule has 17 heavy (non-hydrogen) atoms. The lowest BCUT2D eigenvalue weighted by molar-refractivity contribution is 0.0234. The Balaban J connectivity index is 2.54. The van der Waals surface area contributed by atoms with Crippen molar-refractivity contribution in [1.29, 1.82) is 0 Å². The molecule has 0 radical (unpaired) electrons. The van der Waals surface area contributed by atoms with Crippen molar-refractivity contribution in [2.45, 2.75) is 11.8 Å². The van der Waals surface area contributed by atoms with E-state index in [0.717, 1.165) is 0 Å². The molecule has 0 spiro atoms. The van der Waals surface area contributed by atoms with Gasteiger partial charge in [-0.1, -0.05) is 6.07 Å². The average Bonchev–Trinajstić information content (AvgIpc) is 2.27. The molecule has 0 N–H and O–H groups in total. The Morgan fingerprint density at radius 2 is 1.94 bits per heavy atom. The summed E-state index contributed by atoms with van der Waals surface area (Å²) in [4.78, 5) is 3.64. The zero-order valence-corrected chi connectivity index (χ0v) is 9.89. The normalized spacial score (nSPS) is 23.6. The number of aromatic nitrogens is 1. The van der Waals surface area contributed by atoms with Crippen LogP contribution in [0.25, 0.3) is 0 Å². The van der Waals surface area contributed by atoms with Crippen LogP contribution in [-0.2, 0) is 0 Å². The van der Waals surface area contributed by atoms with Crippen LogP contribution in [0.1, 0.15) is 11.6 Å². The highest BCUT2D eigenvalue weighted by Crippen LogP contribution is 2.48. The molecule has 1 aromatic heterocycles. The van der Waals surface area contributed by atoms with Gasteiger partial charge >= 0.3 is 0 Å². The highest BCUT2D eigenvalue weighted by Gasteiger charge is 2.47. The van der Waals surface area contributed by atoms with Gasteiger partial charge in [0, 0.05) is 12.3 Å². The fourth-order valence-corrected chi connectivity index (χ4v) is 2.09.